The van der Waals surface area contributed by atoms with E-state index in [-0.39, 0.29) is 0 Å². The van der Waals surface area contributed by atoms with Crippen molar-refractivity contribution in [3.8, 4) is 0 Å². The predicted molar refractivity (Wildman–Crippen MR) is 78.8 cm³/mol. The Morgan fingerprint density at radius 3 is 2.75 bits per heavy atom. The van der Waals surface area contributed by atoms with Crippen LogP contribution in [-0.4, -0.2) is 19.9 Å². The molecule has 102 valence electrons. The van der Waals surface area contributed by atoms with Crippen LogP contribution in [0.3, 0.4) is 0 Å². The van der Waals surface area contributed by atoms with E-state index in [4.69, 9.17) is 11.6 Å². The van der Waals surface area contributed by atoms with E-state index in [9.17, 15) is 5.11 Å². The Bertz CT molecular complexity index is 782. The van der Waals surface area contributed by atoms with E-state index in [1.165, 1.54) is 0 Å². The van der Waals surface area contributed by atoms with Crippen LogP contribution in [-0.2, 0) is 7.05 Å². The summed E-state index contributed by atoms with van der Waals surface area (Å²) in [5.41, 5.74) is 2.96. The van der Waals surface area contributed by atoms with Crippen molar-refractivity contribution in [3.05, 3.63) is 58.5 Å². The average Bonchev–Trinajstić information content (AvgIpc) is 2.71. The zero-order chi connectivity index (χ0) is 14.3. The van der Waals surface area contributed by atoms with Gasteiger partial charge in [-0.15, -0.1) is 0 Å². The van der Waals surface area contributed by atoms with Crippen molar-refractivity contribution >= 4 is 22.5 Å². The third-order valence-electron chi connectivity index (χ3n) is 3.40. The number of hydrogen-bond donors (Lipinski definition) is 1. The van der Waals surface area contributed by atoms with E-state index in [0.29, 0.717) is 16.3 Å². The standard InChI is InChI=1S/C15H14ClN3O/c1-9-13(15(16)19(2)18-9)14(20)11-7-10-5-3-4-6-12(10)17-8-11/h3-8,14,20H,1-2H3. The molecule has 0 aliphatic carbocycles. The number of benzene rings is 1. The van der Waals surface area contributed by atoms with Gasteiger partial charge in [-0.05, 0) is 19.1 Å². The number of hydrogen-bond acceptors (Lipinski definition) is 3. The van der Waals surface area contributed by atoms with Gasteiger partial charge in [0.05, 0.1) is 11.2 Å². The van der Waals surface area contributed by atoms with E-state index < -0.39 is 6.10 Å². The molecule has 0 saturated heterocycles. The predicted octanol–water partition coefficient (Wildman–Crippen LogP) is 3.01. The largest absolute Gasteiger partial charge is 0.383 e. The average molecular weight is 288 g/mol. The van der Waals surface area contributed by atoms with Crippen LogP contribution in [0.4, 0.5) is 0 Å². The highest BCUT2D eigenvalue weighted by Crippen LogP contribution is 2.31. The molecule has 4 nitrogen and oxygen atoms in total. The second kappa shape index (κ2) is 4.89. The number of aliphatic hydroxyl groups is 1. The number of fused-ring (bicyclic) bond motifs is 1. The van der Waals surface area contributed by atoms with Gasteiger partial charge in [-0.25, -0.2) is 0 Å². The Morgan fingerprint density at radius 2 is 2.05 bits per heavy atom. The highest BCUT2D eigenvalue weighted by atomic mass is 35.5. The zero-order valence-corrected chi connectivity index (χ0v) is 12.0. The molecule has 3 aromatic rings. The molecule has 2 aromatic heterocycles. The fraction of sp³-hybridized carbons (Fsp3) is 0.200. The molecule has 20 heavy (non-hydrogen) atoms. The molecular weight excluding hydrogens is 274 g/mol. The molecule has 3 rings (SSSR count). The molecule has 0 saturated carbocycles. The molecule has 1 N–H and O–H groups in total. The molecule has 1 aromatic carbocycles. The molecule has 0 aliphatic heterocycles. The van der Waals surface area contributed by atoms with Crippen LogP contribution in [0.1, 0.15) is 22.9 Å². The Morgan fingerprint density at radius 1 is 1.30 bits per heavy atom. The monoisotopic (exact) mass is 287 g/mol. The number of pyridine rings is 1. The van der Waals surface area contributed by atoms with Gasteiger partial charge in [0.25, 0.3) is 0 Å². The Hall–Kier alpha value is -1.91. The number of aromatic nitrogens is 3. The molecule has 5 heteroatoms. The Balaban J connectivity index is 2.10. The molecule has 0 radical (unpaired) electrons. The Labute approximate surface area is 121 Å². The molecule has 0 bridgehead atoms. The molecule has 0 amide bonds. The summed E-state index contributed by atoms with van der Waals surface area (Å²) in [5.74, 6) is 0. The van der Waals surface area contributed by atoms with Gasteiger partial charge < -0.3 is 5.11 Å². The molecule has 2 heterocycles. The minimum absolute atomic E-state index is 0.447. The lowest BCUT2D eigenvalue weighted by Gasteiger charge is -2.11. The number of para-hydroxylation sites is 1. The molecule has 1 atom stereocenters. The first-order valence-corrected chi connectivity index (χ1v) is 6.67. The van der Waals surface area contributed by atoms with Crippen LogP contribution in [0.25, 0.3) is 10.9 Å². The summed E-state index contributed by atoms with van der Waals surface area (Å²) in [6, 6.07) is 9.72. The van der Waals surface area contributed by atoms with Crippen LogP contribution in [0.15, 0.2) is 36.5 Å². The minimum atomic E-state index is -0.826. The van der Waals surface area contributed by atoms with Gasteiger partial charge in [-0.3, -0.25) is 9.67 Å². The van der Waals surface area contributed by atoms with Crippen molar-refractivity contribution in [1.82, 2.24) is 14.8 Å². The topological polar surface area (TPSA) is 50.9 Å². The van der Waals surface area contributed by atoms with Crippen LogP contribution in [0.2, 0.25) is 5.15 Å². The molecule has 0 aliphatic rings. The quantitative estimate of drug-likeness (QED) is 0.788. The number of halogens is 1. The smallest absolute Gasteiger partial charge is 0.133 e. The summed E-state index contributed by atoms with van der Waals surface area (Å²) in [7, 11) is 1.75. The van der Waals surface area contributed by atoms with Crippen LogP contribution in [0, 0.1) is 6.92 Å². The maximum Gasteiger partial charge on any atom is 0.133 e. The molecule has 0 fully saturated rings. The van der Waals surface area contributed by atoms with E-state index in [2.05, 4.69) is 10.1 Å². The van der Waals surface area contributed by atoms with Gasteiger partial charge in [0, 0.05) is 29.8 Å². The lowest BCUT2D eigenvalue weighted by Crippen LogP contribution is -2.02. The van der Waals surface area contributed by atoms with Crippen molar-refractivity contribution in [2.24, 2.45) is 7.05 Å². The highest BCUT2D eigenvalue weighted by Gasteiger charge is 2.21. The Kier molecular flexibility index (Phi) is 3.20. The highest BCUT2D eigenvalue weighted by molar-refractivity contribution is 6.30. The third-order valence-corrected chi connectivity index (χ3v) is 3.85. The number of nitrogens with zero attached hydrogens (tertiary/aromatic N) is 3. The van der Waals surface area contributed by atoms with E-state index in [1.807, 2.05) is 37.3 Å². The van der Waals surface area contributed by atoms with E-state index >= 15 is 0 Å². The maximum atomic E-state index is 10.5. The van der Waals surface area contributed by atoms with Crippen molar-refractivity contribution in [1.29, 1.82) is 0 Å². The number of aliphatic hydroxyl groups excluding tert-OH is 1. The normalized spacial score (nSPS) is 12.8. The summed E-state index contributed by atoms with van der Waals surface area (Å²) < 4.78 is 1.56. The van der Waals surface area contributed by atoms with Gasteiger partial charge in [0.15, 0.2) is 0 Å². The van der Waals surface area contributed by atoms with Gasteiger partial charge in [0.2, 0.25) is 0 Å². The molecule has 0 spiro atoms. The number of rotatable bonds is 2. The summed E-state index contributed by atoms with van der Waals surface area (Å²) in [5, 5.41) is 16.2. The van der Waals surface area contributed by atoms with Crippen LogP contribution < -0.4 is 0 Å². The second-order valence-electron chi connectivity index (χ2n) is 4.78. The lowest BCUT2D eigenvalue weighted by molar-refractivity contribution is 0.219. The first-order valence-electron chi connectivity index (χ1n) is 6.29. The van der Waals surface area contributed by atoms with Crippen molar-refractivity contribution < 1.29 is 5.11 Å². The lowest BCUT2D eigenvalue weighted by atomic mass is 10.0. The summed E-state index contributed by atoms with van der Waals surface area (Å²) in [4.78, 5) is 4.36. The third kappa shape index (κ3) is 2.07. The fourth-order valence-corrected chi connectivity index (χ4v) is 2.64. The number of aryl methyl sites for hydroxylation is 2. The maximum absolute atomic E-state index is 10.5. The van der Waals surface area contributed by atoms with Gasteiger partial charge >= 0.3 is 0 Å². The van der Waals surface area contributed by atoms with Gasteiger partial charge in [-0.1, -0.05) is 29.8 Å². The second-order valence-corrected chi connectivity index (χ2v) is 5.14. The zero-order valence-electron chi connectivity index (χ0n) is 11.2. The first kappa shape index (κ1) is 13.1. The van der Waals surface area contributed by atoms with Gasteiger partial charge in [-0.2, -0.15) is 5.10 Å². The summed E-state index contributed by atoms with van der Waals surface area (Å²) >= 11 is 6.20. The van der Waals surface area contributed by atoms with Crippen LogP contribution >= 0.6 is 11.6 Å². The summed E-state index contributed by atoms with van der Waals surface area (Å²) in [6.45, 7) is 1.83. The van der Waals surface area contributed by atoms with E-state index in [1.54, 1.807) is 17.9 Å². The summed E-state index contributed by atoms with van der Waals surface area (Å²) in [6.07, 6.45) is 0.851. The van der Waals surface area contributed by atoms with Crippen molar-refractivity contribution in [2.75, 3.05) is 0 Å². The minimum Gasteiger partial charge on any atom is -0.383 e. The van der Waals surface area contributed by atoms with E-state index in [0.717, 1.165) is 16.6 Å². The first-order chi connectivity index (χ1) is 9.58. The molecule has 1 unspecified atom stereocenters. The SMILES string of the molecule is Cc1nn(C)c(Cl)c1C(O)c1cnc2ccccc2c1. The van der Waals surface area contributed by atoms with Crippen molar-refractivity contribution in [3.63, 3.8) is 0 Å². The van der Waals surface area contributed by atoms with Crippen molar-refractivity contribution in [2.45, 2.75) is 13.0 Å². The molecular formula is C15H14ClN3O. The van der Waals surface area contributed by atoms with Gasteiger partial charge in [0.1, 0.15) is 11.3 Å². The fourth-order valence-electron chi connectivity index (χ4n) is 2.36. The van der Waals surface area contributed by atoms with Crippen LogP contribution in [0.5, 0.6) is 0 Å².